The van der Waals surface area contributed by atoms with E-state index in [1.54, 1.807) is 4.90 Å². The summed E-state index contributed by atoms with van der Waals surface area (Å²) >= 11 is 1.83. The molecule has 3 rings (SSSR count). The van der Waals surface area contributed by atoms with Crippen molar-refractivity contribution in [3.8, 4) is 0 Å². The largest absolute Gasteiger partial charge is 0.352 e. The summed E-state index contributed by atoms with van der Waals surface area (Å²) in [7, 11) is 0. The van der Waals surface area contributed by atoms with Crippen molar-refractivity contribution in [3.05, 3.63) is 21.4 Å². The first kappa shape index (κ1) is 15.5. The number of rotatable bonds is 4. The minimum Gasteiger partial charge on any atom is -0.352 e. The molecule has 1 aromatic heterocycles. The standard InChI is InChI=1S/C17H24N2O2S/c1-11(2)19-9-12(7-16(19)20)17(21)18-8-13-10-22-15-6-4-3-5-14(13)15/h10-12H,3-9H2,1-2H3,(H,18,21)/t12-/m0/s1. The second kappa shape index (κ2) is 6.41. The highest BCUT2D eigenvalue weighted by molar-refractivity contribution is 7.10. The fourth-order valence-electron chi connectivity index (χ4n) is 3.44. The van der Waals surface area contributed by atoms with Crippen molar-refractivity contribution in [2.75, 3.05) is 6.54 Å². The molecule has 22 heavy (non-hydrogen) atoms. The van der Waals surface area contributed by atoms with Crippen LogP contribution in [-0.4, -0.2) is 29.3 Å². The molecule has 0 radical (unpaired) electrons. The van der Waals surface area contributed by atoms with E-state index in [0.29, 0.717) is 19.5 Å². The number of amides is 2. The molecule has 1 fully saturated rings. The molecule has 5 heteroatoms. The lowest BCUT2D eigenvalue weighted by Crippen LogP contribution is -2.35. The fourth-order valence-corrected chi connectivity index (χ4v) is 4.59. The summed E-state index contributed by atoms with van der Waals surface area (Å²) in [6.45, 7) is 5.16. The molecule has 0 aromatic carbocycles. The zero-order valence-electron chi connectivity index (χ0n) is 13.4. The van der Waals surface area contributed by atoms with Crippen molar-refractivity contribution in [3.63, 3.8) is 0 Å². The smallest absolute Gasteiger partial charge is 0.225 e. The van der Waals surface area contributed by atoms with Crippen LogP contribution >= 0.6 is 11.3 Å². The van der Waals surface area contributed by atoms with E-state index in [0.717, 1.165) is 6.42 Å². The maximum atomic E-state index is 12.3. The van der Waals surface area contributed by atoms with Gasteiger partial charge < -0.3 is 10.2 Å². The van der Waals surface area contributed by atoms with E-state index in [1.807, 2.05) is 25.2 Å². The van der Waals surface area contributed by atoms with Crippen LogP contribution in [0.5, 0.6) is 0 Å². The first-order chi connectivity index (χ1) is 10.6. The van der Waals surface area contributed by atoms with Gasteiger partial charge in [0.25, 0.3) is 0 Å². The quantitative estimate of drug-likeness (QED) is 0.926. The van der Waals surface area contributed by atoms with Crippen molar-refractivity contribution in [2.24, 2.45) is 5.92 Å². The van der Waals surface area contributed by atoms with Gasteiger partial charge in [-0.3, -0.25) is 9.59 Å². The number of likely N-dealkylation sites (tertiary alicyclic amines) is 1. The number of fused-ring (bicyclic) bond motifs is 1. The van der Waals surface area contributed by atoms with Gasteiger partial charge in [-0.05, 0) is 56.0 Å². The van der Waals surface area contributed by atoms with Gasteiger partial charge in [0.05, 0.1) is 5.92 Å². The molecule has 120 valence electrons. The van der Waals surface area contributed by atoms with E-state index in [-0.39, 0.29) is 23.8 Å². The summed E-state index contributed by atoms with van der Waals surface area (Å²) in [5, 5.41) is 5.24. The lowest BCUT2D eigenvalue weighted by atomic mass is 9.96. The second-order valence-corrected chi connectivity index (χ2v) is 7.59. The summed E-state index contributed by atoms with van der Waals surface area (Å²) in [5.41, 5.74) is 2.74. The van der Waals surface area contributed by atoms with E-state index >= 15 is 0 Å². The third-order valence-electron chi connectivity index (χ3n) is 4.75. The number of carbonyl (C=O) groups excluding carboxylic acids is 2. The maximum absolute atomic E-state index is 12.3. The van der Waals surface area contributed by atoms with Gasteiger partial charge in [0.15, 0.2) is 0 Å². The average Bonchev–Trinajstić information content (AvgIpc) is 3.08. The average molecular weight is 320 g/mol. The van der Waals surface area contributed by atoms with Crippen LogP contribution in [0.4, 0.5) is 0 Å². The van der Waals surface area contributed by atoms with Crippen LogP contribution in [0.3, 0.4) is 0 Å². The minimum absolute atomic E-state index is 0.0206. The molecule has 2 heterocycles. The van der Waals surface area contributed by atoms with Gasteiger partial charge in [-0.25, -0.2) is 0 Å². The number of aryl methyl sites for hydroxylation is 1. The first-order valence-corrected chi connectivity index (χ1v) is 9.09. The van der Waals surface area contributed by atoms with E-state index < -0.39 is 0 Å². The predicted molar refractivity (Wildman–Crippen MR) is 87.8 cm³/mol. The van der Waals surface area contributed by atoms with Gasteiger partial charge >= 0.3 is 0 Å². The summed E-state index contributed by atoms with van der Waals surface area (Å²) in [6, 6.07) is 0.175. The summed E-state index contributed by atoms with van der Waals surface area (Å²) < 4.78 is 0. The fraction of sp³-hybridized carbons (Fsp3) is 0.647. The third kappa shape index (κ3) is 3.05. The molecule has 0 unspecified atom stereocenters. The molecule has 2 amide bonds. The Kier molecular flexibility index (Phi) is 4.52. The third-order valence-corrected chi connectivity index (χ3v) is 5.89. The maximum Gasteiger partial charge on any atom is 0.225 e. The number of thiophene rings is 1. The Morgan fingerprint density at radius 2 is 2.18 bits per heavy atom. The molecule has 1 atom stereocenters. The van der Waals surface area contributed by atoms with Crippen molar-refractivity contribution >= 4 is 23.2 Å². The highest BCUT2D eigenvalue weighted by Crippen LogP contribution is 2.30. The lowest BCUT2D eigenvalue weighted by Gasteiger charge is -2.20. The Balaban J connectivity index is 1.57. The van der Waals surface area contributed by atoms with Gasteiger partial charge in [-0.1, -0.05) is 0 Å². The van der Waals surface area contributed by atoms with Crippen LogP contribution in [0.25, 0.3) is 0 Å². The zero-order valence-corrected chi connectivity index (χ0v) is 14.2. The van der Waals surface area contributed by atoms with Gasteiger partial charge in [0, 0.05) is 30.4 Å². The van der Waals surface area contributed by atoms with Crippen molar-refractivity contribution < 1.29 is 9.59 Å². The van der Waals surface area contributed by atoms with E-state index in [2.05, 4.69) is 10.7 Å². The first-order valence-electron chi connectivity index (χ1n) is 8.21. The summed E-state index contributed by atoms with van der Waals surface area (Å²) in [5.74, 6) is -0.0697. The second-order valence-electron chi connectivity index (χ2n) is 6.63. The van der Waals surface area contributed by atoms with E-state index in [1.165, 1.54) is 35.3 Å². The molecule has 1 aromatic rings. The Morgan fingerprint density at radius 3 is 2.91 bits per heavy atom. The molecule has 0 spiro atoms. The predicted octanol–water partition coefficient (Wildman–Crippen LogP) is 2.50. The Labute approximate surface area is 135 Å². The van der Waals surface area contributed by atoms with Crippen LogP contribution < -0.4 is 5.32 Å². The highest BCUT2D eigenvalue weighted by atomic mass is 32.1. The van der Waals surface area contributed by atoms with Crippen LogP contribution in [-0.2, 0) is 29.0 Å². The van der Waals surface area contributed by atoms with Crippen LogP contribution in [0.2, 0.25) is 0 Å². The molecule has 4 nitrogen and oxygen atoms in total. The normalized spacial score (nSPS) is 21.3. The van der Waals surface area contributed by atoms with Gasteiger partial charge in [-0.15, -0.1) is 11.3 Å². The monoisotopic (exact) mass is 320 g/mol. The molecule has 0 bridgehead atoms. The summed E-state index contributed by atoms with van der Waals surface area (Å²) in [4.78, 5) is 27.5. The highest BCUT2D eigenvalue weighted by Gasteiger charge is 2.35. The number of carbonyl (C=O) groups is 2. The Bertz CT molecular complexity index is 579. The van der Waals surface area contributed by atoms with Gasteiger partial charge in [-0.2, -0.15) is 0 Å². The molecule has 1 N–H and O–H groups in total. The van der Waals surface area contributed by atoms with Crippen molar-refractivity contribution in [1.82, 2.24) is 10.2 Å². The lowest BCUT2D eigenvalue weighted by molar-refractivity contribution is -0.130. The topological polar surface area (TPSA) is 49.4 Å². The number of nitrogens with zero attached hydrogens (tertiary/aromatic N) is 1. The molecular weight excluding hydrogens is 296 g/mol. The molecule has 2 aliphatic rings. The zero-order chi connectivity index (χ0) is 15.7. The van der Waals surface area contributed by atoms with Crippen LogP contribution in [0.1, 0.15) is 49.1 Å². The molecule has 1 aliphatic carbocycles. The van der Waals surface area contributed by atoms with Gasteiger partial charge in [0.1, 0.15) is 0 Å². The number of hydrogen-bond acceptors (Lipinski definition) is 3. The minimum atomic E-state index is -0.190. The Hall–Kier alpha value is -1.36. The van der Waals surface area contributed by atoms with E-state index in [4.69, 9.17) is 0 Å². The molecule has 0 saturated carbocycles. The van der Waals surface area contributed by atoms with Gasteiger partial charge in [0.2, 0.25) is 11.8 Å². The van der Waals surface area contributed by atoms with Crippen LogP contribution in [0, 0.1) is 5.92 Å². The summed E-state index contributed by atoms with van der Waals surface area (Å²) in [6.07, 6.45) is 5.23. The number of hydrogen-bond donors (Lipinski definition) is 1. The van der Waals surface area contributed by atoms with Crippen molar-refractivity contribution in [2.45, 2.75) is 58.5 Å². The van der Waals surface area contributed by atoms with E-state index in [9.17, 15) is 9.59 Å². The number of nitrogens with one attached hydrogen (secondary N) is 1. The molecule has 1 aliphatic heterocycles. The Morgan fingerprint density at radius 1 is 1.41 bits per heavy atom. The molecule has 1 saturated heterocycles. The van der Waals surface area contributed by atoms with Crippen LogP contribution in [0.15, 0.2) is 5.38 Å². The van der Waals surface area contributed by atoms with Crippen molar-refractivity contribution in [1.29, 1.82) is 0 Å². The SMILES string of the molecule is CC(C)N1C[C@@H](C(=O)NCc2csc3c2CCCC3)CC1=O. The molecular formula is C17H24N2O2S.